The number of aromatic nitrogens is 4. The van der Waals surface area contributed by atoms with E-state index in [2.05, 4.69) is 30.6 Å². The number of thioether (sulfide) groups is 1. The summed E-state index contributed by atoms with van der Waals surface area (Å²) >= 11 is 7.53. The summed E-state index contributed by atoms with van der Waals surface area (Å²) in [5.41, 5.74) is 1.86. The fourth-order valence-electron chi connectivity index (χ4n) is 2.46. The minimum atomic E-state index is -0.332. The minimum absolute atomic E-state index is 0.120. The fraction of sp³-hybridized carbons (Fsp3) is 0.211. The van der Waals surface area contributed by atoms with Crippen molar-refractivity contribution in [2.24, 2.45) is 0 Å². The Bertz CT molecular complexity index is 990. The Morgan fingerprint density at radius 1 is 1.21 bits per heavy atom. The van der Waals surface area contributed by atoms with Crippen molar-refractivity contribution in [2.45, 2.75) is 24.9 Å². The number of aliphatic hydroxyl groups is 1. The first-order valence-corrected chi connectivity index (χ1v) is 10.3. The number of nitrogens with zero attached hydrogens (tertiary/aromatic N) is 4. The predicted octanol–water partition coefficient (Wildman–Crippen LogP) is 2.68. The topological polar surface area (TPSA) is 113 Å². The van der Waals surface area contributed by atoms with Gasteiger partial charge in [-0.3, -0.25) is 4.79 Å². The number of nitrogens with one attached hydrogen (secondary N) is 2. The molecule has 1 aromatic carbocycles. The van der Waals surface area contributed by atoms with E-state index in [0.29, 0.717) is 39.5 Å². The van der Waals surface area contributed by atoms with Gasteiger partial charge in [0.1, 0.15) is 17.2 Å². The smallest absolute Gasteiger partial charge is 0.256 e. The van der Waals surface area contributed by atoms with Crippen LogP contribution in [-0.4, -0.2) is 37.2 Å². The molecule has 29 heavy (non-hydrogen) atoms. The van der Waals surface area contributed by atoms with E-state index < -0.39 is 0 Å². The van der Waals surface area contributed by atoms with Gasteiger partial charge in [-0.1, -0.05) is 35.5 Å². The summed E-state index contributed by atoms with van der Waals surface area (Å²) in [6, 6.07) is 7.10. The second-order valence-electron chi connectivity index (χ2n) is 5.90. The van der Waals surface area contributed by atoms with Crippen LogP contribution >= 0.6 is 23.4 Å². The molecular formula is C19H19ClN6O2S. The lowest BCUT2D eigenvalue weighted by molar-refractivity contribution is 0.0949. The lowest BCUT2D eigenvalue weighted by atomic mass is 10.1. The standard InChI is InChI=1S/C19H19ClN6O2S/c1-29-19-25-9-14(18(28)24-10-16-21-5-2-6-22-16)17(26-19)23-8-12-3-4-13(11-27)15(20)7-12/h2-7,9,27H,8,10-11H2,1H3,(H,24,28)(H,23,25,26). The van der Waals surface area contributed by atoms with Crippen molar-refractivity contribution in [3.05, 3.63) is 70.4 Å². The minimum Gasteiger partial charge on any atom is -0.392 e. The molecule has 3 rings (SSSR count). The van der Waals surface area contributed by atoms with Crippen LogP contribution in [0.25, 0.3) is 0 Å². The number of carbonyl (C=O) groups excluding carboxylic acids is 1. The molecule has 1 amide bonds. The van der Waals surface area contributed by atoms with Crippen molar-refractivity contribution in [3.63, 3.8) is 0 Å². The Balaban J connectivity index is 1.74. The van der Waals surface area contributed by atoms with Crippen LogP contribution in [0.3, 0.4) is 0 Å². The second kappa shape index (κ2) is 10.1. The highest BCUT2D eigenvalue weighted by Gasteiger charge is 2.15. The molecule has 0 atom stereocenters. The molecule has 150 valence electrons. The molecule has 0 radical (unpaired) electrons. The van der Waals surface area contributed by atoms with Crippen molar-refractivity contribution in [1.82, 2.24) is 25.3 Å². The summed E-state index contributed by atoms with van der Waals surface area (Å²) in [7, 11) is 0. The summed E-state index contributed by atoms with van der Waals surface area (Å²) in [6.07, 6.45) is 6.58. The van der Waals surface area contributed by atoms with Gasteiger partial charge >= 0.3 is 0 Å². The largest absolute Gasteiger partial charge is 0.392 e. The molecule has 0 spiro atoms. The number of benzene rings is 1. The zero-order valence-electron chi connectivity index (χ0n) is 15.6. The molecule has 0 bridgehead atoms. The molecule has 3 N–H and O–H groups in total. The number of carbonyl (C=O) groups is 1. The third-order valence-electron chi connectivity index (χ3n) is 3.97. The Hall–Kier alpha value is -2.75. The van der Waals surface area contributed by atoms with Crippen LogP contribution < -0.4 is 10.6 Å². The number of aliphatic hydroxyl groups excluding tert-OH is 1. The van der Waals surface area contributed by atoms with Crippen LogP contribution in [0.15, 0.2) is 48.0 Å². The molecule has 8 nitrogen and oxygen atoms in total. The first-order valence-electron chi connectivity index (χ1n) is 8.68. The molecule has 0 saturated carbocycles. The molecule has 0 saturated heterocycles. The molecule has 0 aliphatic rings. The van der Waals surface area contributed by atoms with E-state index in [0.717, 1.165) is 5.56 Å². The normalized spacial score (nSPS) is 10.6. The Labute approximate surface area is 177 Å². The van der Waals surface area contributed by atoms with Crippen LogP contribution in [-0.2, 0) is 19.7 Å². The summed E-state index contributed by atoms with van der Waals surface area (Å²) in [5, 5.41) is 16.2. The number of anilines is 1. The second-order valence-corrected chi connectivity index (χ2v) is 7.08. The Morgan fingerprint density at radius 3 is 2.69 bits per heavy atom. The van der Waals surface area contributed by atoms with Gasteiger partial charge in [0.05, 0.1) is 13.2 Å². The lowest BCUT2D eigenvalue weighted by Gasteiger charge is -2.12. The van der Waals surface area contributed by atoms with Gasteiger partial charge in [0.25, 0.3) is 5.91 Å². The van der Waals surface area contributed by atoms with Gasteiger partial charge in [0, 0.05) is 30.2 Å². The zero-order valence-corrected chi connectivity index (χ0v) is 17.2. The number of amides is 1. The van der Waals surface area contributed by atoms with E-state index in [-0.39, 0.29) is 19.1 Å². The molecule has 10 heteroatoms. The summed E-state index contributed by atoms with van der Waals surface area (Å²) in [4.78, 5) is 29.4. The number of rotatable bonds is 8. The zero-order chi connectivity index (χ0) is 20.6. The molecule has 0 unspecified atom stereocenters. The quantitative estimate of drug-likeness (QED) is 0.369. The van der Waals surface area contributed by atoms with Crippen LogP contribution in [0.1, 0.15) is 27.3 Å². The van der Waals surface area contributed by atoms with E-state index in [9.17, 15) is 9.90 Å². The maximum Gasteiger partial charge on any atom is 0.256 e. The summed E-state index contributed by atoms with van der Waals surface area (Å²) < 4.78 is 0. The van der Waals surface area contributed by atoms with Gasteiger partial charge in [0.2, 0.25) is 0 Å². The van der Waals surface area contributed by atoms with Gasteiger partial charge in [-0.15, -0.1) is 0 Å². The number of hydrogen-bond donors (Lipinski definition) is 3. The predicted molar refractivity (Wildman–Crippen MR) is 112 cm³/mol. The van der Waals surface area contributed by atoms with Crippen LogP contribution in [0.4, 0.5) is 5.82 Å². The molecule has 0 fully saturated rings. The molecule has 0 aliphatic carbocycles. The van der Waals surface area contributed by atoms with Crippen LogP contribution in [0.5, 0.6) is 0 Å². The molecule has 0 aliphatic heterocycles. The van der Waals surface area contributed by atoms with E-state index in [1.54, 1.807) is 30.6 Å². The lowest BCUT2D eigenvalue weighted by Crippen LogP contribution is -2.25. The van der Waals surface area contributed by atoms with Crippen molar-refractivity contribution >= 4 is 35.1 Å². The number of hydrogen-bond acceptors (Lipinski definition) is 8. The maximum atomic E-state index is 12.6. The van der Waals surface area contributed by atoms with E-state index >= 15 is 0 Å². The first-order chi connectivity index (χ1) is 14.1. The third-order valence-corrected chi connectivity index (χ3v) is 4.88. The average molecular weight is 431 g/mol. The highest BCUT2D eigenvalue weighted by Crippen LogP contribution is 2.21. The number of halogens is 1. The third kappa shape index (κ3) is 5.63. The first kappa shape index (κ1) is 21.0. The van der Waals surface area contributed by atoms with E-state index in [1.165, 1.54) is 18.0 Å². The van der Waals surface area contributed by atoms with Crippen molar-refractivity contribution < 1.29 is 9.90 Å². The van der Waals surface area contributed by atoms with Gasteiger partial charge in [-0.05, 0) is 29.5 Å². The van der Waals surface area contributed by atoms with Crippen LogP contribution in [0, 0.1) is 0 Å². The van der Waals surface area contributed by atoms with Gasteiger partial charge in [-0.25, -0.2) is 19.9 Å². The average Bonchev–Trinajstić information content (AvgIpc) is 2.76. The Morgan fingerprint density at radius 2 is 2.00 bits per heavy atom. The molecule has 2 heterocycles. The van der Waals surface area contributed by atoms with E-state index in [1.807, 2.05) is 12.3 Å². The Kier molecular flexibility index (Phi) is 7.34. The SMILES string of the molecule is CSc1ncc(C(=O)NCc2ncccn2)c(NCc2ccc(CO)c(Cl)c2)n1. The maximum absolute atomic E-state index is 12.6. The molecule has 3 aromatic rings. The monoisotopic (exact) mass is 430 g/mol. The van der Waals surface area contributed by atoms with Gasteiger partial charge < -0.3 is 15.7 Å². The molecule has 2 aromatic heterocycles. The van der Waals surface area contributed by atoms with Crippen molar-refractivity contribution in [2.75, 3.05) is 11.6 Å². The summed E-state index contributed by atoms with van der Waals surface area (Å²) in [6.45, 7) is 0.477. The van der Waals surface area contributed by atoms with Crippen LogP contribution in [0.2, 0.25) is 5.02 Å². The summed E-state index contributed by atoms with van der Waals surface area (Å²) in [5.74, 6) is 0.593. The van der Waals surface area contributed by atoms with Gasteiger partial charge in [-0.2, -0.15) is 0 Å². The van der Waals surface area contributed by atoms with E-state index in [4.69, 9.17) is 11.6 Å². The fourth-order valence-corrected chi connectivity index (χ4v) is 3.06. The highest BCUT2D eigenvalue weighted by molar-refractivity contribution is 7.98. The highest BCUT2D eigenvalue weighted by atomic mass is 35.5. The van der Waals surface area contributed by atoms with Gasteiger partial charge in [0.15, 0.2) is 5.16 Å². The molecular weight excluding hydrogens is 412 g/mol. The van der Waals surface area contributed by atoms with Crippen molar-refractivity contribution in [1.29, 1.82) is 0 Å². The van der Waals surface area contributed by atoms with Crippen molar-refractivity contribution in [3.8, 4) is 0 Å².